The summed E-state index contributed by atoms with van der Waals surface area (Å²) >= 11 is 11.4. The van der Waals surface area contributed by atoms with E-state index in [0.29, 0.717) is 0 Å². The van der Waals surface area contributed by atoms with E-state index in [1.807, 2.05) is 57.5 Å². The highest BCUT2D eigenvalue weighted by atomic mass is 32.1. The Morgan fingerprint density at radius 3 is 1.29 bits per heavy atom. The highest BCUT2D eigenvalue weighted by Crippen LogP contribution is 2.67. The average molecular weight is 605 g/mol. The predicted octanol–water partition coefficient (Wildman–Crippen LogP) is 10.6. The number of carbonyl (C=O) groups excluding carboxylic acids is 2. The number of thiophene rings is 6. The molecule has 8 rings (SSSR count). The summed E-state index contributed by atoms with van der Waals surface area (Å²) in [7, 11) is 0. The molecule has 0 amide bonds. The topological polar surface area (TPSA) is 34.1 Å². The molecular formula is C30H20O2S6. The van der Waals surface area contributed by atoms with Gasteiger partial charge in [0, 0.05) is 30.0 Å². The molecule has 0 N–H and O–H groups in total. The van der Waals surface area contributed by atoms with Gasteiger partial charge in [0.2, 0.25) is 0 Å². The van der Waals surface area contributed by atoms with Crippen LogP contribution in [0.25, 0.3) is 59.9 Å². The number of aldehydes is 2. The molecule has 0 fully saturated rings. The first-order valence-corrected chi connectivity index (χ1v) is 17.1. The second-order valence-electron chi connectivity index (χ2n) is 10.8. The summed E-state index contributed by atoms with van der Waals surface area (Å²) in [4.78, 5) is 29.8. The molecule has 0 bridgehead atoms. The van der Waals surface area contributed by atoms with Crippen LogP contribution >= 0.6 is 68.0 Å². The molecule has 0 saturated heterocycles. The molecule has 2 aliphatic rings. The zero-order chi connectivity index (χ0) is 26.1. The minimum Gasteiger partial charge on any atom is -0.299 e. The summed E-state index contributed by atoms with van der Waals surface area (Å²) in [6.45, 7) is 9.59. The van der Waals surface area contributed by atoms with Gasteiger partial charge in [-0.15, -0.1) is 68.0 Å². The van der Waals surface area contributed by atoms with Crippen molar-refractivity contribution in [2.45, 2.75) is 38.5 Å². The van der Waals surface area contributed by atoms with E-state index in [0.717, 1.165) is 22.3 Å². The standard InChI is InChI=1S/C30H20O2S6/c1-29(2)17-21-15(11-13(33-21)7-5-9-31)35-23(17)25-19(29)27-28(37-25)20-26(38-27)24-18(30(20,3)4)22-16(36-24)12-14(34-22)8-6-10-32/h5-12H,1-4H3/b7-5+,8-6+. The van der Waals surface area contributed by atoms with Crippen LogP contribution in [0.3, 0.4) is 0 Å². The Morgan fingerprint density at radius 2 is 0.895 bits per heavy atom. The predicted molar refractivity (Wildman–Crippen MR) is 172 cm³/mol. The number of rotatable bonds is 4. The van der Waals surface area contributed by atoms with Crippen molar-refractivity contribution in [3.05, 3.63) is 56.3 Å². The van der Waals surface area contributed by atoms with Crippen LogP contribution in [-0.2, 0) is 20.4 Å². The Morgan fingerprint density at radius 1 is 0.526 bits per heavy atom. The molecule has 2 nitrogen and oxygen atoms in total. The molecule has 0 radical (unpaired) electrons. The summed E-state index contributed by atoms with van der Waals surface area (Å²) in [5.74, 6) is 0. The van der Waals surface area contributed by atoms with Crippen LogP contribution in [0.5, 0.6) is 0 Å². The monoisotopic (exact) mass is 604 g/mol. The molecule has 0 unspecified atom stereocenters. The first-order chi connectivity index (χ1) is 18.3. The molecule has 6 aromatic heterocycles. The molecule has 6 aromatic rings. The van der Waals surface area contributed by atoms with Crippen molar-refractivity contribution in [2.24, 2.45) is 0 Å². The van der Waals surface area contributed by atoms with Crippen molar-refractivity contribution in [3.8, 4) is 19.5 Å². The lowest BCUT2D eigenvalue weighted by Gasteiger charge is -2.21. The van der Waals surface area contributed by atoms with Crippen LogP contribution in [0.1, 0.15) is 59.7 Å². The van der Waals surface area contributed by atoms with E-state index >= 15 is 0 Å². The Bertz CT molecular complexity index is 1920. The maximum atomic E-state index is 10.8. The fourth-order valence-corrected chi connectivity index (χ4v) is 15.9. The van der Waals surface area contributed by atoms with E-state index < -0.39 is 0 Å². The second kappa shape index (κ2) is 7.71. The SMILES string of the molecule is CC1(C)c2c(sc3cc(/C=C/C=O)sc23)-c2sc3c4c(sc3c21)-c1sc2cc(/C=C/C=O)sc2c1C4(C)C. The lowest BCUT2D eigenvalue weighted by Crippen LogP contribution is -2.15. The molecular weight excluding hydrogens is 585 g/mol. The van der Waals surface area contributed by atoms with E-state index in [1.54, 1.807) is 34.8 Å². The summed E-state index contributed by atoms with van der Waals surface area (Å²) in [6.07, 6.45) is 8.71. The van der Waals surface area contributed by atoms with Gasteiger partial charge in [0.1, 0.15) is 12.6 Å². The molecule has 0 spiro atoms. The maximum Gasteiger partial charge on any atom is 0.142 e. The average Bonchev–Trinajstić information content (AvgIpc) is 3.66. The van der Waals surface area contributed by atoms with Gasteiger partial charge in [-0.05, 0) is 58.7 Å². The highest BCUT2D eigenvalue weighted by molar-refractivity contribution is 7.37. The van der Waals surface area contributed by atoms with Crippen LogP contribution in [0, 0.1) is 0 Å². The second-order valence-corrected chi connectivity index (χ2v) is 17.1. The van der Waals surface area contributed by atoms with Gasteiger partial charge in [-0.1, -0.05) is 27.7 Å². The Kier molecular flexibility index (Phi) is 4.80. The van der Waals surface area contributed by atoms with Crippen LogP contribution in [0.2, 0.25) is 0 Å². The zero-order valence-corrected chi connectivity index (χ0v) is 25.8. The lowest BCUT2D eigenvalue weighted by molar-refractivity contribution is -0.104. The van der Waals surface area contributed by atoms with Gasteiger partial charge >= 0.3 is 0 Å². The van der Waals surface area contributed by atoms with Crippen molar-refractivity contribution >= 4 is 121 Å². The van der Waals surface area contributed by atoms with Crippen molar-refractivity contribution in [3.63, 3.8) is 0 Å². The normalized spacial score (nSPS) is 16.8. The summed E-state index contributed by atoms with van der Waals surface area (Å²) in [6, 6.07) is 4.47. The number of allylic oxidation sites excluding steroid dienone is 2. The van der Waals surface area contributed by atoms with Gasteiger partial charge < -0.3 is 0 Å². The van der Waals surface area contributed by atoms with Gasteiger partial charge in [0.15, 0.2) is 0 Å². The summed E-state index contributed by atoms with van der Waals surface area (Å²) < 4.78 is 8.35. The molecule has 188 valence electrons. The van der Waals surface area contributed by atoms with E-state index in [2.05, 4.69) is 39.8 Å². The van der Waals surface area contributed by atoms with Crippen LogP contribution in [0.4, 0.5) is 0 Å². The molecule has 2 aliphatic carbocycles. The highest BCUT2D eigenvalue weighted by Gasteiger charge is 2.48. The zero-order valence-electron chi connectivity index (χ0n) is 20.9. The molecule has 8 heteroatoms. The molecule has 0 aliphatic heterocycles. The molecule has 0 saturated carbocycles. The first kappa shape index (κ1) is 23.7. The van der Waals surface area contributed by atoms with Crippen molar-refractivity contribution in [2.75, 3.05) is 0 Å². The fourth-order valence-electron chi connectivity index (χ4n) is 6.34. The van der Waals surface area contributed by atoms with Crippen LogP contribution in [0.15, 0.2) is 24.3 Å². The smallest absolute Gasteiger partial charge is 0.142 e. The first-order valence-electron chi connectivity index (χ1n) is 12.2. The van der Waals surface area contributed by atoms with Gasteiger partial charge in [-0.3, -0.25) is 9.59 Å². The van der Waals surface area contributed by atoms with E-state index in [4.69, 9.17) is 0 Å². The molecule has 0 aromatic carbocycles. The largest absolute Gasteiger partial charge is 0.299 e. The Balaban J connectivity index is 1.33. The molecule has 38 heavy (non-hydrogen) atoms. The van der Waals surface area contributed by atoms with Crippen molar-refractivity contribution in [1.82, 2.24) is 0 Å². The minimum atomic E-state index is -0.0567. The number of carbonyl (C=O) groups is 2. The summed E-state index contributed by atoms with van der Waals surface area (Å²) in [5, 5.41) is 0. The third-order valence-electron chi connectivity index (χ3n) is 7.88. The summed E-state index contributed by atoms with van der Waals surface area (Å²) in [5.41, 5.74) is 5.85. The van der Waals surface area contributed by atoms with E-state index in [-0.39, 0.29) is 10.8 Å². The number of hydrogen-bond donors (Lipinski definition) is 0. The van der Waals surface area contributed by atoms with Gasteiger partial charge in [0.25, 0.3) is 0 Å². The van der Waals surface area contributed by atoms with Gasteiger partial charge in [-0.25, -0.2) is 0 Å². The maximum absolute atomic E-state index is 10.8. The quantitative estimate of drug-likeness (QED) is 0.148. The van der Waals surface area contributed by atoms with Crippen LogP contribution < -0.4 is 0 Å². The van der Waals surface area contributed by atoms with Crippen molar-refractivity contribution < 1.29 is 9.59 Å². The van der Waals surface area contributed by atoms with Crippen molar-refractivity contribution in [1.29, 1.82) is 0 Å². The fraction of sp³-hybridized carbons (Fsp3) is 0.200. The lowest BCUT2D eigenvalue weighted by atomic mass is 9.82. The van der Waals surface area contributed by atoms with Crippen LogP contribution in [-0.4, -0.2) is 12.6 Å². The third kappa shape index (κ3) is 2.81. The Labute approximate surface area is 243 Å². The van der Waals surface area contributed by atoms with Gasteiger partial charge in [0.05, 0.1) is 38.3 Å². The minimum absolute atomic E-state index is 0.0567. The van der Waals surface area contributed by atoms with E-state index in [1.165, 1.54) is 70.0 Å². The van der Waals surface area contributed by atoms with Gasteiger partial charge in [-0.2, -0.15) is 0 Å². The third-order valence-corrected chi connectivity index (χ3v) is 15.5. The molecule has 0 atom stereocenters. The van der Waals surface area contributed by atoms with E-state index in [9.17, 15) is 9.59 Å². The molecule has 6 heterocycles. The number of fused-ring (bicyclic) bond motifs is 13. The number of hydrogen-bond acceptors (Lipinski definition) is 8. The Hall–Kier alpha value is -2.20.